The van der Waals surface area contributed by atoms with Crippen LogP contribution in [0.3, 0.4) is 0 Å². The quantitative estimate of drug-likeness (QED) is 0.910. The van der Waals surface area contributed by atoms with Gasteiger partial charge in [-0.25, -0.2) is 0 Å². The normalized spacial score (nSPS) is 12.9. The average Bonchev–Trinajstić information content (AvgIpc) is 2.66. The Bertz CT molecular complexity index is 594. The second-order valence-electron chi connectivity index (χ2n) is 6.42. The molecule has 0 aliphatic rings. The molecule has 0 aliphatic heterocycles. The van der Waals surface area contributed by atoms with E-state index >= 15 is 0 Å². The van der Waals surface area contributed by atoms with Gasteiger partial charge >= 0.3 is 0 Å². The van der Waals surface area contributed by atoms with Crippen molar-refractivity contribution in [3.63, 3.8) is 0 Å². The van der Waals surface area contributed by atoms with Crippen LogP contribution >= 0.6 is 0 Å². The van der Waals surface area contributed by atoms with Crippen molar-refractivity contribution in [2.45, 2.75) is 53.6 Å². The van der Waals surface area contributed by atoms with Crippen molar-refractivity contribution in [3.05, 3.63) is 52.3 Å². The van der Waals surface area contributed by atoms with Crippen molar-refractivity contribution >= 4 is 0 Å². The standard InChI is InChI=1S/C18H27N3/c1-12(2)10-16-6-8-17(9-7-16)18(19)11-21-15(5)13(3)14(4)20-21/h6-9,12,18H,10-11,19H2,1-5H3. The average molecular weight is 285 g/mol. The third kappa shape index (κ3) is 3.73. The zero-order chi connectivity index (χ0) is 15.6. The van der Waals surface area contributed by atoms with E-state index in [1.807, 2.05) is 11.6 Å². The molecule has 0 aliphatic carbocycles. The molecule has 0 radical (unpaired) electrons. The molecular formula is C18H27N3. The summed E-state index contributed by atoms with van der Waals surface area (Å²) in [4.78, 5) is 0. The van der Waals surface area contributed by atoms with E-state index in [1.165, 1.54) is 22.4 Å². The molecule has 1 unspecified atom stereocenters. The minimum absolute atomic E-state index is 0.0181. The van der Waals surface area contributed by atoms with Crippen LogP contribution in [0.25, 0.3) is 0 Å². The monoisotopic (exact) mass is 285 g/mol. The van der Waals surface area contributed by atoms with Crippen molar-refractivity contribution in [1.29, 1.82) is 0 Å². The van der Waals surface area contributed by atoms with Crippen molar-refractivity contribution in [2.75, 3.05) is 0 Å². The molecule has 0 fully saturated rings. The molecule has 1 atom stereocenters. The summed E-state index contributed by atoms with van der Waals surface area (Å²) in [6, 6.07) is 8.68. The van der Waals surface area contributed by atoms with Gasteiger partial charge in [0.25, 0.3) is 0 Å². The Morgan fingerprint density at radius 2 is 1.71 bits per heavy atom. The van der Waals surface area contributed by atoms with Crippen LogP contribution in [0.1, 0.15) is 48.0 Å². The maximum atomic E-state index is 6.35. The third-order valence-electron chi connectivity index (χ3n) is 4.16. The Kier molecular flexibility index (Phi) is 4.84. The first-order valence-electron chi connectivity index (χ1n) is 7.73. The van der Waals surface area contributed by atoms with Gasteiger partial charge in [0.05, 0.1) is 12.2 Å². The molecule has 0 saturated heterocycles. The number of aryl methyl sites for hydroxylation is 1. The summed E-state index contributed by atoms with van der Waals surface area (Å²) in [6.07, 6.45) is 1.12. The summed E-state index contributed by atoms with van der Waals surface area (Å²) in [5, 5.41) is 4.57. The van der Waals surface area contributed by atoms with E-state index in [2.05, 4.69) is 57.1 Å². The van der Waals surface area contributed by atoms with Gasteiger partial charge in [0, 0.05) is 11.7 Å². The molecule has 1 aromatic carbocycles. The van der Waals surface area contributed by atoms with Gasteiger partial charge in [-0.2, -0.15) is 5.10 Å². The highest BCUT2D eigenvalue weighted by molar-refractivity contribution is 5.26. The maximum absolute atomic E-state index is 6.35. The maximum Gasteiger partial charge on any atom is 0.0625 e. The van der Waals surface area contributed by atoms with E-state index in [9.17, 15) is 0 Å². The Morgan fingerprint density at radius 1 is 1.10 bits per heavy atom. The van der Waals surface area contributed by atoms with Crippen molar-refractivity contribution in [2.24, 2.45) is 11.7 Å². The molecule has 1 heterocycles. The lowest BCUT2D eigenvalue weighted by Crippen LogP contribution is -2.19. The molecule has 2 aromatic rings. The molecular weight excluding hydrogens is 258 g/mol. The van der Waals surface area contributed by atoms with Gasteiger partial charge in [-0.1, -0.05) is 38.1 Å². The molecule has 2 rings (SSSR count). The summed E-state index contributed by atoms with van der Waals surface area (Å²) < 4.78 is 2.03. The van der Waals surface area contributed by atoms with Crippen LogP contribution in [0.15, 0.2) is 24.3 Å². The fourth-order valence-corrected chi connectivity index (χ4v) is 2.63. The van der Waals surface area contributed by atoms with Crippen molar-refractivity contribution in [3.8, 4) is 0 Å². The fourth-order valence-electron chi connectivity index (χ4n) is 2.63. The summed E-state index contributed by atoms with van der Waals surface area (Å²) in [5.41, 5.74) is 12.5. The molecule has 1 aromatic heterocycles. The van der Waals surface area contributed by atoms with Gasteiger partial charge in [0.2, 0.25) is 0 Å². The van der Waals surface area contributed by atoms with E-state index in [4.69, 9.17) is 5.73 Å². The molecule has 2 N–H and O–H groups in total. The van der Waals surface area contributed by atoms with Crippen LogP contribution in [0, 0.1) is 26.7 Å². The Labute approximate surface area is 128 Å². The SMILES string of the molecule is Cc1nn(CC(N)c2ccc(CC(C)C)cc2)c(C)c1C. The third-order valence-corrected chi connectivity index (χ3v) is 4.16. The fraction of sp³-hybridized carbons (Fsp3) is 0.500. The number of aromatic nitrogens is 2. The lowest BCUT2D eigenvalue weighted by Gasteiger charge is -2.14. The molecule has 3 heteroatoms. The van der Waals surface area contributed by atoms with Crippen molar-refractivity contribution < 1.29 is 0 Å². The van der Waals surface area contributed by atoms with E-state index in [-0.39, 0.29) is 6.04 Å². The number of hydrogen-bond donors (Lipinski definition) is 1. The van der Waals surface area contributed by atoms with Gasteiger partial charge in [0.15, 0.2) is 0 Å². The van der Waals surface area contributed by atoms with Gasteiger partial charge in [-0.3, -0.25) is 4.68 Å². The summed E-state index contributed by atoms with van der Waals surface area (Å²) in [5.74, 6) is 0.683. The summed E-state index contributed by atoms with van der Waals surface area (Å²) in [6.45, 7) is 11.5. The Balaban J connectivity index is 2.09. The van der Waals surface area contributed by atoms with Crippen molar-refractivity contribution in [1.82, 2.24) is 9.78 Å². The Hall–Kier alpha value is -1.61. The number of rotatable bonds is 5. The second-order valence-corrected chi connectivity index (χ2v) is 6.42. The lowest BCUT2D eigenvalue weighted by molar-refractivity contribution is 0.514. The molecule has 114 valence electrons. The minimum Gasteiger partial charge on any atom is -0.322 e. The van der Waals surface area contributed by atoms with E-state index in [1.54, 1.807) is 0 Å². The highest BCUT2D eigenvalue weighted by Crippen LogP contribution is 2.18. The van der Waals surface area contributed by atoms with Crippen LogP contribution in [0.5, 0.6) is 0 Å². The smallest absolute Gasteiger partial charge is 0.0625 e. The highest BCUT2D eigenvalue weighted by atomic mass is 15.3. The molecule has 0 amide bonds. The van der Waals surface area contributed by atoms with Crippen LogP contribution < -0.4 is 5.73 Å². The van der Waals surface area contributed by atoms with Gasteiger partial charge in [-0.15, -0.1) is 0 Å². The first-order chi connectivity index (χ1) is 9.88. The van der Waals surface area contributed by atoms with Crippen LogP contribution in [0.4, 0.5) is 0 Å². The zero-order valence-electron chi connectivity index (χ0n) is 13.9. The molecule has 21 heavy (non-hydrogen) atoms. The Morgan fingerprint density at radius 3 is 2.19 bits per heavy atom. The number of nitrogens with two attached hydrogens (primary N) is 1. The number of hydrogen-bond acceptors (Lipinski definition) is 2. The zero-order valence-corrected chi connectivity index (χ0v) is 13.9. The first kappa shape index (κ1) is 15.8. The predicted molar refractivity (Wildman–Crippen MR) is 88.4 cm³/mol. The first-order valence-corrected chi connectivity index (χ1v) is 7.73. The molecule has 0 bridgehead atoms. The lowest BCUT2D eigenvalue weighted by atomic mass is 9.99. The molecule has 3 nitrogen and oxygen atoms in total. The van der Waals surface area contributed by atoms with E-state index in [0.717, 1.165) is 18.7 Å². The topological polar surface area (TPSA) is 43.8 Å². The number of benzene rings is 1. The highest BCUT2D eigenvalue weighted by Gasteiger charge is 2.12. The summed E-state index contributed by atoms with van der Waals surface area (Å²) >= 11 is 0. The largest absolute Gasteiger partial charge is 0.322 e. The van der Waals surface area contributed by atoms with E-state index in [0.29, 0.717) is 5.92 Å². The van der Waals surface area contributed by atoms with Gasteiger partial charge < -0.3 is 5.73 Å². The predicted octanol–water partition coefficient (Wildman–Crippen LogP) is 3.71. The van der Waals surface area contributed by atoms with Gasteiger partial charge in [0.1, 0.15) is 0 Å². The molecule has 0 saturated carbocycles. The van der Waals surface area contributed by atoms with Crippen LogP contribution in [-0.4, -0.2) is 9.78 Å². The van der Waals surface area contributed by atoms with E-state index < -0.39 is 0 Å². The van der Waals surface area contributed by atoms with Gasteiger partial charge in [-0.05, 0) is 49.8 Å². The summed E-state index contributed by atoms with van der Waals surface area (Å²) in [7, 11) is 0. The van der Waals surface area contributed by atoms with Crippen LogP contribution in [-0.2, 0) is 13.0 Å². The number of nitrogens with zero attached hydrogens (tertiary/aromatic N) is 2. The minimum atomic E-state index is -0.0181. The second kappa shape index (κ2) is 6.44. The van der Waals surface area contributed by atoms with Crippen LogP contribution in [0.2, 0.25) is 0 Å². The molecule has 0 spiro atoms.